The first-order valence-corrected chi connectivity index (χ1v) is 4.40. The highest BCUT2D eigenvalue weighted by Gasteiger charge is 2.31. The summed E-state index contributed by atoms with van der Waals surface area (Å²) >= 11 is 0. The van der Waals surface area contributed by atoms with Gasteiger partial charge in [0.25, 0.3) is 0 Å². The van der Waals surface area contributed by atoms with Crippen LogP contribution in [0.4, 0.5) is 17.6 Å². The maximum Gasteiger partial charge on any atom is 0.416 e. The van der Waals surface area contributed by atoms with Gasteiger partial charge >= 0.3 is 11.9 Å². The Hall–Kier alpha value is -2.12. The Morgan fingerprint density at radius 1 is 1.24 bits per heavy atom. The number of halogens is 4. The Morgan fingerprint density at radius 3 is 2.41 bits per heavy atom. The van der Waals surface area contributed by atoms with Crippen molar-refractivity contribution < 1.29 is 17.6 Å². The molecule has 2 N–H and O–H groups in total. The topological polar surface area (TPSA) is 61.5 Å². The smallest absolute Gasteiger partial charge is 0.289 e. The predicted molar refractivity (Wildman–Crippen MR) is 49.6 cm³/mol. The first kappa shape index (κ1) is 11.4. The second-order valence-corrected chi connectivity index (χ2v) is 3.22. The van der Waals surface area contributed by atoms with Gasteiger partial charge in [-0.05, 0) is 18.2 Å². The molecule has 8 heteroatoms. The third-order valence-electron chi connectivity index (χ3n) is 2.05. The molecule has 0 atom stereocenters. The van der Waals surface area contributed by atoms with Crippen molar-refractivity contribution >= 4 is 0 Å². The molecular formula is C9H5F4N3O. The van der Waals surface area contributed by atoms with Gasteiger partial charge in [-0.25, -0.2) is 14.3 Å². The highest BCUT2D eigenvalue weighted by molar-refractivity contribution is 5.55. The van der Waals surface area contributed by atoms with Crippen molar-refractivity contribution in [2.75, 3.05) is 0 Å². The Kier molecular flexibility index (Phi) is 2.49. The molecule has 0 saturated heterocycles. The zero-order valence-corrected chi connectivity index (χ0v) is 8.10. The third-order valence-corrected chi connectivity index (χ3v) is 2.05. The maximum absolute atomic E-state index is 13.4. The van der Waals surface area contributed by atoms with Crippen LogP contribution >= 0.6 is 0 Å². The van der Waals surface area contributed by atoms with Crippen LogP contribution < -0.4 is 5.69 Å². The number of benzene rings is 1. The van der Waals surface area contributed by atoms with E-state index < -0.39 is 23.2 Å². The standard InChI is InChI=1S/C9H5F4N3O/c10-6-3-4(9(11,12)13)1-2-5(6)7-14-8(17)16-15-7/h1-3H,(H2,14,15,16,17). The van der Waals surface area contributed by atoms with E-state index in [4.69, 9.17) is 0 Å². The van der Waals surface area contributed by atoms with Crippen LogP contribution in [0, 0.1) is 5.82 Å². The third kappa shape index (κ3) is 2.19. The lowest BCUT2D eigenvalue weighted by Crippen LogP contribution is -2.05. The van der Waals surface area contributed by atoms with Crippen molar-refractivity contribution in [3.8, 4) is 11.4 Å². The van der Waals surface area contributed by atoms with E-state index in [1.54, 1.807) is 0 Å². The van der Waals surface area contributed by atoms with Gasteiger partial charge < -0.3 is 0 Å². The summed E-state index contributed by atoms with van der Waals surface area (Å²) in [6.45, 7) is 0. The molecular weight excluding hydrogens is 242 g/mol. The average Bonchev–Trinajstić information content (AvgIpc) is 2.63. The lowest BCUT2D eigenvalue weighted by molar-refractivity contribution is -0.137. The highest BCUT2D eigenvalue weighted by Crippen LogP contribution is 2.31. The minimum Gasteiger partial charge on any atom is -0.289 e. The zero-order chi connectivity index (χ0) is 12.6. The molecule has 0 amide bonds. The Balaban J connectivity index is 2.49. The van der Waals surface area contributed by atoms with Crippen LogP contribution in [-0.4, -0.2) is 15.2 Å². The first-order chi connectivity index (χ1) is 7.88. The molecule has 4 nitrogen and oxygen atoms in total. The Morgan fingerprint density at radius 2 is 1.94 bits per heavy atom. The molecule has 1 aromatic carbocycles. The van der Waals surface area contributed by atoms with Gasteiger partial charge in [-0.3, -0.25) is 4.98 Å². The molecule has 2 aromatic rings. The van der Waals surface area contributed by atoms with Gasteiger partial charge in [0.05, 0.1) is 11.1 Å². The van der Waals surface area contributed by atoms with Gasteiger partial charge in [0.15, 0.2) is 5.82 Å². The van der Waals surface area contributed by atoms with E-state index in [0.717, 1.165) is 6.07 Å². The fourth-order valence-electron chi connectivity index (χ4n) is 1.28. The summed E-state index contributed by atoms with van der Waals surface area (Å²) in [7, 11) is 0. The number of nitrogens with zero attached hydrogens (tertiary/aromatic N) is 1. The summed E-state index contributed by atoms with van der Waals surface area (Å²) in [6.07, 6.45) is -4.61. The van der Waals surface area contributed by atoms with Crippen LogP contribution in [0.25, 0.3) is 11.4 Å². The molecule has 0 radical (unpaired) electrons. The predicted octanol–water partition coefficient (Wildman–Crippen LogP) is 1.92. The molecule has 0 aliphatic rings. The summed E-state index contributed by atoms with van der Waals surface area (Å²) in [5, 5.41) is 5.41. The number of rotatable bonds is 1. The molecule has 0 unspecified atom stereocenters. The number of nitrogens with one attached hydrogen (secondary N) is 2. The van der Waals surface area contributed by atoms with Crippen molar-refractivity contribution in [3.63, 3.8) is 0 Å². The van der Waals surface area contributed by atoms with Gasteiger partial charge in [-0.1, -0.05) is 0 Å². The molecule has 0 fully saturated rings. The van der Waals surface area contributed by atoms with Crippen LogP contribution in [0.1, 0.15) is 5.56 Å². The van der Waals surface area contributed by atoms with E-state index in [1.807, 2.05) is 5.10 Å². The fourth-order valence-corrected chi connectivity index (χ4v) is 1.28. The normalized spacial score (nSPS) is 11.8. The van der Waals surface area contributed by atoms with Crippen LogP contribution in [0.2, 0.25) is 0 Å². The van der Waals surface area contributed by atoms with E-state index in [0.29, 0.717) is 12.1 Å². The summed E-state index contributed by atoms with van der Waals surface area (Å²) in [4.78, 5) is 12.9. The Bertz CT molecular complexity index is 599. The highest BCUT2D eigenvalue weighted by atomic mass is 19.4. The van der Waals surface area contributed by atoms with E-state index in [1.165, 1.54) is 0 Å². The number of aromatic amines is 2. The first-order valence-electron chi connectivity index (χ1n) is 4.40. The van der Waals surface area contributed by atoms with Crippen molar-refractivity contribution in [2.45, 2.75) is 6.18 Å². The molecule has 90 valence electrons. The van der Waals surface area contributed by atoms with Crippen molar-refractivity contribution in [3.05, 3.63) is 40.1 Å². The molecule has 1 aromatic heterocycles. The lowest BCUT2D eigenvalue weighted by atomic mass is 10.1. The van der Waals surface area contributed by atoms with E-state index in [2.05, 4.69) is 10.1 Å². The average molecular weight is 247 g/mol. The molecule has 0 bridgehead atoms. The number of hydrogen-bond acceptors (Lipinski definition) is 2. The van der Waals surface area contributed by atoms with Crippen molar-refractivity contribution in [1.29, 1.82) is 0 Å². The number of H-pyrrole nitrogens is 2. The molecule has 0 aliphatic carbocycles. The summed E-state index contributed by atoms with van der Waals surface area (Å²) in [6, 6.07) is 1.97. The quantitative estimate of drug-likeness (QED) is 0.756. The number of hydrogen-bond donors (Lipinski definition) is 2. The zero-order valence-electron chi connectivity index (χ0n) is 8.10. The summed E-state index contributed by atoms with van der Waals surface area (Å²) < 4.78 is 50.2. The fraction of sp³-hybridized carbons (Fsp3) is 0.111. The van der Waals surface area contributed by atoms with Gasteiger partial charge in [0.2, 0.25) is 0 Å². The summed E-state index contributed by atoms with van der Waals surface area (Å²) in [5.74, 6) is -1.26. The van der Waals surface area contributed by atoms with Crippen molar-refractivity contribution in [2.24, 2.45) is 0 Å². The lowest BCUT2D eigenvalue weighted by Gasteiger charge is -2.07. The van der Waals surface area contributed by atoms with Crippen LogP contribution in [-0.2, 0) is 6.18 Å². The van der Waals surface area contributed by atoms with E-state index >= 15 is 0 Å². The largest absolute Gasteiger partial charge is 0.416 e. The molecule has 2 rings (SSSR count). The van der Waals surface area contributed by atoms with Crippen LogP contribution in [0.5, 0.6) is 0 Å². The molecule has 17 heavy (non-hydrogen) atoms. The van der Waals surface area contributed by atoms with E-state index in [9.17, 15) is 22.4 Å². The molecule has 0 saturated carbocycles. The SMILES string of the molecule is O=c1[nH]nc(-c2ccc(C(F)(F)F)cc2F)[nH]1. The van der Waals surface area contributed by atoms with Crippen LogP contribution in [0.15, 0.2) is 23.0 Å². The number of alkyl halides is 3. The van der Waals surface area contributed by atoms with Gasteiger partial charge in [0, 0.05) is 0 Å². The molecule has 0 spiro atoms. The second-order valence-electron chi connectivity index (χ2n) is 3.22. The summed E-state index contributed by atoms with van der Waals surface area (Å²) in [5.41, 5.74) is -1.98. The van der Waals surface area contributed by atoms with Gasteiger partial charge in [0.1, 0.15) is 5.82 Å². The Labute approximate surface area is 91.3 Å². The molecule has 1 heterocycles. The minimum atomic E-state index is -4.61. The van der Waals surface area contributed by atoms with E-state index in [-0.39, 0.29) is 11.4 Å². The van der Waals surface area contributed by atoms with Gasteiger partial charge in [-0.2, -0.15) is 18.3 Å². The second kappa shape index (κ2) is 3.72. The number of aromatic nitrogens is 3. The van der Waals surface area contributed by atoms with Crippen LogP contribution in [0.3, 0.4) is 0 Å². The monoisotopic (exact) mass is 247 g/mol. The van der Waals surface area contributed by atoms with Gasteiger partial charge in [-0.15, -0.1) is 0 Å². The maximum atomic E-state index is 13.4. The van der Waals surface area contributed by atoms with Crippen molar-refractivity contribution in [1.82, 2.24) is 15.2 Å². The molecule has 0 aliphatic heterocycles. The minimum absolute atomic E-state index is 0.152.